The number of hydrogen-bond acceptors (Lipinski definition) is 1. The van der Waals surface area contributed by atoms with Crippen molar-refractivity contribution in [3.8, 4) is 0 Å². The smallest absolute Gasteiger partial charge is 0.0402 e. The lowest BCUT2D eigenvalue weighted by Gasteiger charge is -2.15. The quantitative estimate of drug-likeness (QED) is 0.273. The van der Waals surface area contributed by atoms with Gasteiger partial charge in [-0.15, -0.1) is 0 Å². The lowest BCUT2D eigenvalue weighted by molar-refractivity contribution is 0.318. The molecule has 0 heterocycles. The third kappa shape index (κ3) is 2.05. The Labute approximate surface area is 141 Å². The fourth-order valence-electron chi connectivity index (χ4n) is 3.79. The van der Waals surface area contributed by atoms with Crippen LogP contribution in [0.4, 0.5) is 0 Å². The molecule has 0 atom stereocenters. The van der Waals surface area contributed by atoms with Gasteiger partial charge in [-0.2, -0.15) is 0 Å². The standard InChI is InChI=1S/C21H14.C2H6O/c1-13-11-12-19-17-9-3-6-14-5-2-8-16(20(14)17)18-10-4-7-15(13)21(18)19;1-2-3/h2-12H,1H3;3H,2H2,1H3. The first-order valence-electron chi connectivity index (χ1n) is 8.42. The molecule has 24 heavy (non-hydrogen) atoms. The highest BCUT2D eigenvalue weighted by molar-refractivity contribution is 6.33. The molecule has 0 radical (unpaired) electrons. The zero-order chi connectivity index (χ0) is 16.7. The van der Waals surface area contributed by atoms with E-state index in [4.69, 9.17) is 5.11 Å². The van der Waals surface area contributed by atoms with E-state index in [1.54, 1.807) is 6.92 Å². The molecule has 0 aliphatic carbocycles. The predicted molar refractivity (Wildman–Crippen MR) is 105 cm³/mol. The van der Waals surface area contributed by atoms with Gasteiger partial charge in [0.05, 0.1) is 0 Å². The summed E-state index contributed by atoms with van der Waals surface area (Å²) in [5.41, 5.74) is 1.35. The van der Waals surface area contributed by atoms with Gasteiger partial charge < -0.3 is 5.11 Å². The molecule has 0 fully saturated rings. The second kappa shape index (κ2) is 5.77. The van der Waals surface area contributed by atoms with E-state index in [1.807, 2.05) is 0 Å². The van der Waals surface area contributed by atoms with Crippen molar-refractivity contribution in [3.05, 3.63) is 72.3 Å². The Balaban J connectivity index is 0.000000455. The number of rotatable bonds is 0. The fourth-order valence-corrected chi connectivity index (χ4v) is 3.79. The molecule has 0 saturated heterocycles. The average Bonchev–Trinajstić information content (AvgIpc) is 2.61. The van der Waals surface area contributed by atoms with Crippen LogP contribution in [0.3, 0.4) is 0 Å². The van der Waals surface area contributed by atoms with Gasteiger partial charge in [-0.3, -0.25) is 0 Å². The monoisotopic (exact) mass is 312 g/mol. The molecular weight excluding hydrogens is 292 g/mol. The Bertz CT molecular complexity index is 1100. The molecule has 5 aromatic carbocycles. The highest BCUT2D eigenvalue weighted by Crippen LogP contribution is 2.40. The molecule has 0 spiro atoms. The lowest BCUT2D eigenvalue weighted by Crippen LogP contribution is -1.87. The van der Waals surface area contributed by atoms with Crippen molar-refractivity contribution in [2.75, 3.05) is 6.61 Å². The zero-order valence-corrected chi connectivity index (χ0v) is 14.0. The van der Waals surface area contributed by atoms with Crippen LogP contribution in [0, 0.1) is 6.92 Å². The first kappa shape index (κ1) is 14.9. The number of benzene rings is 5. The van der Waals surface area contributed by atoms with E-state index in [1.165, 1.54) is 48.7 Å². The Kier molecular flexibility index (Phi) is 3.59. The third-order valence-electron chi connectivity index (χ3n) is 4.74. The molecular formula is C23H20O. The van der Waals surface area contributed by atoms with Crippen LogP contribution >= 0.6 is 0 Å². The van der Waals surface area contributed by atoms with Crippen molar-refractivity contribution in [1.29, 1.82) is 0 Å². The van der Waals surface area contributed by atoms with Gasteiger partial charge in [-0.25, -0.2) is 0 Å². The Morgan fingerprint density at radius 2 is 1.08 bits per heavy atom. The van der Waals surface area contributed by atoms with E-state index in [-0.39, 0.29) is 6.61 Å². The molecule has 5 rings (SSSR count). The SMILES string of the molecule is CCO.Cc1ccc2c3cccc4cccc(c5cccc1c52)c43. The van der Waals surface area contributed by atoms with Gasteiger partial charge in [0.2, 0.25) is 0 Å². The molecule has 0 aliphatic heterocycles. The molecule has 1 nitrogen and oxygen atoms in total. The topological polar surface area (TPSA) is 20.2 Å². The first-order valence-corrected chi connectivity index (χ1v) is 8.42. The van der Waals surface area contributed by atoms with Crippen LogP contribution < -0.4 is 0 Å². The van der Waals surface area contributed by atoms with Crippen molar-refractivity contribution in [3.63, 3.8) is 0 Å². The maximum atomic E-state index is 7.57. The minimum Gasteiger partial charge on any atom is -0.397 e. The summed E-state index contributed by atoms with van der Waals surface area (Å²) in [4.78, 5) is 0. The third-order valence-corrected chi connectivity index (χ3v) is 4.74. The number of fused-ring (bicyclic) bond motifs is 2. The fraction of sp³-hybridized carbons (Fsp3) is 0.130. The summed E-state index contributed by atoms with van der Waals surface area (Å²) in [5.74, 6) is 0. The van der Waals surface area contributed by atoms with Gasteiger partial charge in [0, 0.05) is 6.61 Å². The molecule has 0 bridgehead atoms. The van der Waals surface area contributed by atoms with E-state index in [9.17, 15) is 0 Å². The summed E-state index contributed by atoms with van der Waals surface area (Å²) < 4.78 is 0. The predicted octanol–water partition coefficient (Wildman–Crippen LogP) is 6.04. The maximum Gasteiger partial charge on any atom is 0.0402 e. The summed E-state index contributed by atoms with van der Waals surface area (Å²) in [7, 11) is 0. The second-order valence-electron chi connectivity index (χ2n) is 6.18. The van der Waals surface area contributed by atoms with Crippen molar-refractivity contribution in [1.82, 2.24) is 0 Å². The minimum absolute atomic E-state index is 0.250. The van der Waals surface area contributed by atoms with E-state index in [0.29, 0.717) is 0 Å². The maximum absolute atomic E-state index is 7.57. The number of hydrogen-bond donors (Lipinski definition) is 1. The van der Waals surface area contributed by atoms with Gasteiger partial charge in [0.15, 0.2) is 0 Å². The zero-order valence-electron chi connectivity index (χ0n) is 14.0. The molecule has 118 valence electrons. The van der Waals surface area contributed by atoms with Gasteiger partial charge in [0.1, 0.15) is 0 Å². The average molecular weight is 312 g/mol. The van der Waals surface area contributed by atoms with Crippen LogP contribution in [0.2, 0.25) is 0 Å². The lowest BCUT2D eigenvalue weighted by atomic mass is 9.89. The number of aliphatic hydroxyl groups is 1. The molecule has 0 aliphatic rings. The Hall–Kier alpha value is -2.64. The van der Waals surface area contributed by atoms with Crippen molar-refractivity contribution >= 4 is 43.1 Å². The normalized spacial score (nSPS) is 11.3. The van der Waals surface area contributed by atoms with Crippen LogP contribution in [-0.2, 0) is 0 Å². The highest BCUT2D eigenvalue weighted by Gasteiger charge is 2.12. The van der Waals surface area contributed by atoms with Crippen LogP contribution in [0.5, 0.6) is 0 Å². The number of aryl methyl sites for hydroxylation is 1. The van der Waals surface area contributed by atoms with Crippen LogP contribution in [0.15, 0.2) is 66.7 Å². The molecule has 0 unspecified atom stereocenters. The second-order valence-corrected chi connectivity index (χ2v) is 6.18. The Morgan fingerprint density at radius 3 is 1.71 bits per heavy atom. The van der Waals surface area contributed by atoms with Gasteiger partial charge in [0.25, 0.3) is 0 Å². The van der Waals surface area contributed by atoms with Crippen LogP contribution in [0.25, 0.3) is 43.1 Å². The molecule has 5 aromatic rings. The molecule has 1 N–H and O–H groups in total. The number of aliphatic hydroxyl groups excluding tert-OH is 1. The molecule has 1 heteroatoms. The van der Waals surface area contributed by atoms with Crippen molar-refractivity contribution in [2.24, 2.45) is 0 Å². The molecule has 0 amide bonds. The van der Waals surface area contributed by atoms with Gasteiger partial charge in [-0.1, -0.05) is 66.7 Å². The summed E-state index contributed by atoms with van der Waals surface area (Å²) in [6.07, 6.45) is 0. The van der Waals surface area contributed by atoms with E-state index in [2.05, 4.69) is 73.7 Å². The van der Waals surface area contributed by atoms with E-state index >= 15 is 0 Å². The first-order chi connectivity index (χ1) is 11.8. The minimum atomic E-state index is 0.250. The van der Waals surface area contributed by atoms with Crippen molar-refractivity contribution < 1.29 is 5.11 Å². The summed E-state index contributed by atoms with van der Waals surface area (Å²) >= 11 is 0. The van der Waals surface area contributed by atoms with Gasteiger partial charge >= 0.3 is 0 Å². The van der Waals surface area contributed by atoms with Crippen LogP contribution in [-0.4, -0.2) is 11.7 Å². The van der Waals surface area contributed by atoms with Gasteiger partial charge in [-0.05, 0) is 62.5 Å². The molecule has 0 saturated carbocycles. The largest absolute Gasteiger partial charge is 0.397 e. The summed E-state index contributed by atoms with van der Waals surface area (Å²) in [6, 6.07) is 24.5. The summed E-state index contributed by atoms with van der Waals surface area (Å²) in [5, 5.41) is 18.5. The highest BCUT2D eigenvalue weighted by atomic mass is 16.2. The van der Waals surface area contributed by atoms with E-state index in [0.717, 1.165) is 0 Å². The molecule has 0 aromatic heterocycles. The van der Waals surface area contributed by atoms with Crippen molar-refractivity contribution in [2.45, 2.75) is 13.8 Å². The van der Waals surface area contributed by atoms with Crippen LogP contribution in [0.1, 0.15) is 12.5 Å². The van der Waals surface area contributed by atoms with E-state index < -0.39 is 0 Å². The summed E-state index contributed by atoms with van der Waals surface area (Å²) in [6.45, 7) is 4.13. The Morgan fingerprint density at radius 1 is 0.625 bits per heavy atom.